The Morgan fingerprint density at radius 1 is 0.506 bits per heavy atom. The summed E-state index contributed by atoms with van der Waals surface area (Å²) in [5, 5.41) is 50.7. The number of aromatic hydroxyl groups is 1. The fraction of sp³-hybridized carbons (Fsp3) is 0.196. The van der Waals surface area contributed by atoms with Crippen LogP contribution in [0.3, 0.4) is 0 Å². The smallest absolute Gasteiger partial charge is 0.425 e. The van der Waals surface area contributed by atoms with Crippen LogP contribution in [0.15, 0.2) is 161 Å². The highest BCUT2D eigenvalue weighted by Crippen LogP contribution is 2.42. The number of aryl methyl sites for hydroxylation is 4. The summed E-state index contributed by atoms with van der Waals surface area (Å²) in [4.78, 5) is 10.1. The predicted octanol–water partition coefficient (Wildman–Crippen LogP) is 12.3. The molecule has 0 bridgehead atoms. The Morgan fingerprint density at radius 3 is 1.41 bits per heavy atom. The molecule has 7 rings (SSSR count). The van der Waals surface area contributed by atoms with E-state index in [-0.39, 0.29) is 89.6 Å². The fourth-order valence-electron chi connectivity index (χ4n) is 7.27. The number of rotatable bonds is 23. The highest BCUT2D eigenvalue weighted by atomic mass is 32.2. The van der Waals surface area contributed by atoms with E-state index < -0.39 is 57.4 Å². The summed E-state index contributed by atoms with van der Waals surface area (Å²) in [6, 6.07) is 31.6. The molecule has 0 heterocycles. The summed E-state index contributed by atoms with van der Waals surface area (Å²) in [5.41, 5.74) is 5.72. The molecule has 0 amide bonds. The highest BCUT2D eigenvalue weighted by Gasteiger charge is 2.19. The van der Waals surface area contributed by atoms with E-state index in [1.807, 2.05) is 61.5 Å². The average Bonchev–Trinajstić information content (AvgIpc) is 3.55. The largest absolute Gasteiger partial charge is 0.505 e. The summed E-state index contributed by atoms with van der Waals surface area (Å²) < 4.78 is 140. The minimum Gasteiger partial charge on any atom is -0.505 e. The maximum absolute atomic E-state index is 12.1. The molecule has 424 valence electrons. The van der Waals surface area contributed by atoms with Crippen molar-refractivity contribution in [3.63, 3.8) is 0 Å². The van der Waals surface area contributed by atoms with Gasteiger partial charge in [-0.25, -0.2) is 0 Å². The molecule has 30 heteroatoms. The molecule has 7 aromatic rings. The first kappa shape index (κ1) is 61.4. The first-order valence-corrected chi connectivity index (χ1v) is 29.2. The number of ether oxygens (including phenoxy) is 3. The fourth-order valence-corrected chi connectivity index (χ4v) is 8.87. The van der Waals surface area contributed by atoms with Crippen LogP contribution < -0.4 is 19.5 Å². The third kappa shape index (κ3) is 18.7. The summed E-state index contributed by atoms with van der Waals surface area (Å²) >= 11 is 0. The van der Waals surface area contributed by atoms with Gasteiger partial charge in [0.1, 0.15) is 44.9 Å². The number of anilines is 2. The van der Waals surface area contributed by atoms with E-state index in [1.54, 1.807) is 45.0 Å². The number of fused-ring (bicyclic) bond motifs is 1. The molecule has 7 aromatic carbocycles. The zero-order chi connectivity index (χ0) is 59.1. The maximum Gasteiger partial charge on any atom is 0.425 e. The van der Waals surface area contributed by atoms with E-state index in [4.69, 9.17) is 22.1 Å². The minimum absolute atomic E-state index is 0.00875. The van der Waals surface area contributed by atoms with Crippen LogP contribution in [-0.4, -0.2) is 87.8 Å². The van der Waals surface area contributed by atoms with E-state index in [9.17, 15) is 48.8 Å². The molecule has 26 nitrogen and oxygen atoms in total. The Labute approximate surface area is 465 Å². The van der Waals surface area contributed by atoms with Crippen LogP contribution >= 0.6 is 0 Å². The van der Waals surface area contributed by atoms with Crippen molar-refractivity contribution in [1.82, 2.24) is 0 Å². The second kappa shape index (κ2) is 27.4. The Balaban J connectivity index is 0.00000255. The van der Waals surface area contributed by atoms with Gasteiger partial charge in [-0.2, -0.15) is 45.7 Å². The molecule has 0 aromatic heterocycles. The first-order chi connectivity index (χ1) is 38.3. The van der Waals surface area contributed by atoms with Crippen LogP contribution in [0.2, 0.25) is 0 Å². The zero-order valence-electron chi connectivity index (χ0n) is 43.1. The van der Waals surface area contributed by atoms with E-state index in [0.717, 1.165) is 28.9 Å². The summed E-state index contributed by atoms with van der Waals surface area (Å²) in [7, 11) is -16.6. The minimum atomic E-state index is -4.87. The third-order valence-electron chi connectivity index (χ3n) is 11.2. The lowest BCUT2D eigenvalue weighted by molar-refractivity contribution is -0.120. The van der Waals surface area contributed by atoms with Gasteiger partial charge in [-0.15, -0.1) is 33.1 Å². The maximum atomic E-state index is 12.1. The number of nitrogens with one attached hydrogen (secondary N) is 1. The van der Waals surface area contributed by atoms with Crippen molar-refractivity contribution in [1.29, 1.82) is 0 Å². The number of carbonyl (C=O) groups excluding carboxylic acids is 1. The standard InChI is InChI=1S/C51H49N9O14S3.O3S/c1-31-23-43(32(2)22-42(31)55-54-41-16-12-35-26-37(13-15-39(35)51(41)62)52-36-10-6-5-7-11-36)56-59-46-25-34(4)45(29-49(46)73-19-9-21-76(66,67)68)58-60-47-24-33(3)44(28-48(47)72-18-8-20-75(63,64)65)57-53-40-17-14-38(74-30-61)27-50(40)77(69,70)71;1-4(2)3/h5-7,10-17,22-30,52,62H,8-9,18-21H2,1-4H3,(H,63,64,65)(H,66,67,68)(H,69,70,71);. The van der Waals surface area contributed by atoms with E-state index in [2.05, 4.69) is 51.0 Å². The lowest BCUT2D eigenvalue weighted by Gasteiger charge is -2.12. The Bertz CT molecular complexity index is 4090. The van der Waals surface area contributed by atoms with Crippen LogP contribution in [0, 0.1) is 27.7 Å². The van der Waals surface area contributed by atoms with Gasteiger partial charge in [0.15, 0.2) is 5.75 Å². The molecule has 81 heavy (non-hydrogen) atoms. The van der Waals surface area contributed by atoms with Crippen LogP contribution in [-0.2, 0) is 45.8 Å². The van der Waals surface area contributed by atoms with Gasteiger partial charge in [0.05, 0.1) is 47.5 Å². The lowest BCUT2D eigenvalue weighted by atomic mass is 10.1. The lowest BCUT2D eigenvalue weighted by Crippen LogP contribution is -2.08. The monoisotopic (exact) mass is 1190 g/mol. The van der Waals surface area contributed by atoms with Crippen molar-refractivity contribution in [2.45, 2.75) is 45.4 Å². The van der Waals surface area contributed by atoms with Crippen molar-refractivity contribution in [3.8, 4) is 23.0 Å². The Kier molecular flexibility index (Phi) is 20.8. The molecule has 5 N–H and O–H groups in total. The number of hydrogen-bond acceptors (Lipinski definition) is 23. The van der Waals surface area contributed by atoms with E-state index >= 15 is 0 Å². The molecular formula is C51H49N9O17S4. The second-order valence-electron chi connectivity index (χ2n) is 17.3. The molecule has 0 saturated heterocycles. The van der Waals surface area contributed by atoms with Gasteiger partial charge in [0.25, 0.3) is 36.8 Å². The van der Waals surface area contributed by atoms with Gasteiger partial charge in [-0.05, 0) is 141 Å². The van der Waals surface area contributed by atoms with Crippen LogP contribution in [0.4, 0.5) is 56.9 Å². The van der Waals surface area contributed by atoms with E-state index in [0.29, 0.717) is 39.0 Å². The quantitative estimate of drug-likeness (QED) is 0.0172. The zero-order valence-corrected chi connectivity index (χ0v) is 46.4. The van der Waals surface area contributed by atoms with Gasteiger partial charge in [-0.1, -0.05) is 24.3 Å². The average molecular weight is 1190 g/mol. The van der Waals surface area contributed by atoms with Gasteiger partial charge in [-0.3, -0.25) is 18.5 Å². The van der Waals surface area contributed by atoms with Crippen LogP contribution in [0.1, 0.15) is 35.1 Å². The molecule has 0 saturated carbocycles. The second-order valence-corrected chi connectivity index (χ2v) is 22.2. The van der Waals surface area contributed by atoms with Gasteiger partial charge < -0.3 is 24.6 Å². The summed E-state index contributed by atoms with van der Waals surface area (Å²) in [5.74, 6) is -1.29. The number of azo groups is 4. The molecule has 0 aliphatic carbocycles. The molecule has 0 radical (unpaired) electrons. The number of benzene rings is 7. The van der Waals surface area contributed by atoms with Crippen molar-refractivity contribution in [2.24, 2.45) is 40.9 Å². The topological polar surface area (TPSA) is 390 Å². The molecule has 0 unspecified atom stereocenters. The molecule has 0 aliphatic rings. The number of nitrogens with zero attached hydrogens (tertiary/aromatic N) is 8. The number of phenolic OH excluding ortho intramolecular Hbond substituents is 1. The van der Waals surface area contributed by atoms with Crippen molar-refractivity contribution >= 4 is 115 Å². The Hall–Kier alpha value is -8.78. The summed E-state index contributed by atoms with van der Waals surface area (Å²) in [6.45, 7) is 6.61. The number of phenols is 1. The van der Waals surface area contributed by atoms with Gasteiger partial charge in [0.2, 0.25) is 0 Å². The predicted molar refractivity (Wildman–Crippen MR) is 296 cm³/mol. The first-order valence-electron chi connectivity index (χ1n) is 23.6. The van der Waals surface area contributed by atoms with Gasteiger partial charge >= 0.3 is 10.6 Å². The molecule has 0 aliphatic heterocycles. The molecule has 0 fully saturated rings. The Morgan fingerprint density at radius 2 is 0.938 bits per heavy atom. The third-order valence-corrected chi connectivity index (χ3v) is 13.7. The van der Waals surface area contributed by atoms with Crippen LogP contribution in [0.25, 0.3) is 10.8 Å². The number of hydrogen-bond donors (Lipinski definition) is 5. The van der Waals surface area contributed by atoms with Crippen molar-refractivity contribution < 1.29 is 75.6 Å². The van der Waals surface area contributed by atoms with Crippen molar-refractivity contribution in [3.05, 3.63) is 138 Å². The SMILES string of the molecule is Cc1cc(N=Nc2ccc3cc(Nc4ccccc4)ccc3c2O)c(C)cc1N=Nc1cc(C)c(N=Nc2cc(C)c(N=Nc3ccc(OC=O)cc3S(=O)(=O)O)cc2OCCCS(=O)(=O)O)cc1OCCCS(=O)(=O)O.O=S(=O)=O. The highest BCUT2D eigenvalue weighted by molar-refractivity contribution is 7.86. The molecular weight excluding hydrogens is 1140 g/mol. The number of para-hydroxylation sites is 1. The van der Waals surface area contributed by atoms with Gasteiger partial charge in [0, 0.05) is 35.0 Å². The van der Waals surface area contributed by atoms with Crippen LogP contribution in [0.5, 0.6) is 23.0 Å². The number of carbonyl (C=O) groups is 1. The molecule has 0 atom stereocenters. The van der Waals surface area contributed by atoms with Crippen molar-refractivity contribution in [2.75, 3.05) is 30.0 Å². The normalized spacial score (nSPS) is 12.0. The molecule has 0 spiro atoms. The van der Waals surface area contributed by atoms with E-state index in [1.165, 1.54) is 24.3 Å². The summed E-state index contributed by atoms with van der Waals surface area (Å²) in [6.07, 6.45) is -0.223.